The molecule has 0 aliphatic rings. The van der Waals surface area contributed by atoms with Gasteiger partial charge in [0, 0.05) is 23.7 Å². The molecule has 10 heteroatoms. The fourth-order valence-electron chi connectivity index (χ4n) is 2.28. The predicted molar refractivity (Wildman–Crippen MR) is 102 cm³/mol. The van der Waals surface area contributed by atoms with Crippen LogP contribution in [0.4, 0.5) is 19.0 Å². The van der Waals surface area contributed by atoms with Crippen LogP contribution in [0.3, 0.4) is 0 Å². The van der Waals surface area contributed by atoms with Gasteiger partial charge in [0.1, 0.15) is 11.6 Å². The second-order valence-corrected chi connectivity index (χ2v) is 6.93. The lowest BCUT2D eigenvalue weighted by atomic mass is 10.1. The third-order valence-electron chi connectivity index (χ3n) is 3.67. The fourth-order valence-corrected chi connectivity index (χ4v) is 2.52. The number of anilines is 1. The van der Waals surface area contributed by atoms with E-state index in [1.165, 1.54) is 18.2 Å². The molecule has 2 rings (SSSR count). The van der Waals surface area contributed by atoms with Gasteiger partial charge in [0.25, 0.3) is 5.91 Å². The zero-order valence-electron chi connectivity index (χ0n) is 15.9. The van der Waals surface area contributed by atoms with E-state index in [0.29, 0.717) is 11.3 Å². The Hall–Kier alpha value is -2.81. The summed E-state index contributed by atoms with van der Waals surface area (Å²) < 4.78 is 40.6. The van der Waals surface area contributed by atoms with Crippen LogP contribution in [0, 0.1) is 12.8 Å². The monoisotopic (exact) mass is 429 g/mol. The number of aromatic nitrogens is 1. The highest BCUT2D eigenvalue weighted by atomic mass is 35.5. The molecule has 0 aliphatic heterocycles. The van der Waals surface area contributed by atoms with Gasteiger partial charge in [0.05, 0.1) is 5.02 Å². The average molecular weight is 430 g/mol. The van der Waals surface area contributed by atoms with Crippen molar-refractivity contribution in [1.82, 2.24) is 10.3 Å². The summed E-state index contributed by atoms with van der Waals surface area (Å²) in [4.78, 5) is 28.4. The van der Waals surface area contributed by atoms with Crippen LogP contribution in [0.5, 0.6) is 5.75 Å². The first-order chi connectivity index (χ1) is 13.4. The van der Waals surface area contributed by atoms with Crippen molar-refractivity contribution >= 4 is 29.2 Å². The normalized spacial score (nSPS) is 11.3. The zero-order valence-corrected chi connectivity index (χ0v) is 16.6. The lowest BCUT2D eigenvalue weighted by Gasteiger charge is -2.12. The van der Waals surface area contributed by atoms with Crippen molar-refractivity contribution in [2.75, 3.05) is 5.32 Å². The molecule has 0 spiro atoms. The van der Waals surface area contributed by atoms with Crippen LogP contribution < -0.4 is 15.4 Å². The van der Waals surface area contributed by atoms with E-state index in [-0.39, 0.29) is 34.8 Å². The van der Waals surface area contributed by atoms with E-state index in [9.17, 15) is 22.8 Å². The Morgan fingerprint density at radius 1 is 1.21 bits per heavy atom. The summed E-state index contributed by atoms with van der Waals surface area (Å²) in [6, 6.07) is 6.70. The average Bonchev–Trinajstić information content (AvgIpc) is 2.60. The molecule has 0 radical (unpaired) electrons. The molecule has 2 N–H and O–H groups in total. The SMILES string of the molecule is Cc1cc(C(=O)NCc2ccc(OC(F)(F)F)c(Cl)c2)cc(NC(=O)C(C)C)n1. The van der Waals surface area contributed by atoms with Crippen molar-refractivity contribution in [3.63, 3.8) is 0 Å². The largest absolute Gasteiger partial charge is 0.573 e. The van der Waals surface area contributed by atoms with Gasteiger partial charge in [-0.1, -0.05) is 31.5 Å². The molecule has 0 saturated carbocycles. The lowest BCUT2D eigenvalue weighted by Crippen LogP contribution is -2.24. The Labute approximate surface area is 170 Å². The van der Waals surface area contributed by atoms with Crippen molar-refractivity contribution in [3.8, 4) is 5.75 Å². The first kappa shape index (κ1) is 22.5. The number of rotatable bonds is 6. The number of nitrogens with one attached hydrogen (secondary N) is 2. The number of benzene rings is 1. The summed E-state index contributed by atoms with van der Waals surface area (Å²) in [6.45, 7) is 5.17. The van der Waals surface area contributed by atoms with E-state index in [4.69, 9.17) is 11.6 Å². The Kier molecular flexibility index (Phi) is 7.07. The van der Waals surface area contributed by atoms with Crippen molar-refractivity contribution in [2.24, 2.45) is 5.92 Å². The van der Waals surface area contributed by atoms with Gasteiger partial charge in [-0.25, -0.2) is 4.98 Å². The topological polar surface area (TPSA) is 80.3 Å². The number of hydrogen-bond acceptors (Lipinski definition) is 4. The molecule has 0 saturated heterocycles. The third-order valence-corrected chi connectivity index (χ3v) is 3.96. The minimum absolute atomic E-state index is 0.0277. The number of pyridine rings is 1. The molecule has 2 aromatic rings. The van der Waals surface area contributed by atoms with Gasteiger partial charge in [0.15, 0.2) is 0 Å². The molecule has 6 nitrogen and oxygen atoms in total. The molecule has 29 heavy (non-hydrogen) atoms. The molecular weight excluding hydrogens is 411 g/mol. The van der Waals surface area contributed by atoms with Gasteiger partial charge in [-0.3, -0.25) is 9.59 Å². The Morgan fingerprint density at radius 2 is 1.90 bits per heavy atom. The van der Waals surface area contributed by atoms with Gasteiger partial charge < -0.3 is 15.4 Å². The molecule has 1 heterocycles. The summed E-state index contributed by atoms with van der Waals surface area (Å²) in [5, 5.41) is 5.04. The summed E-state index contributed by atoms with van der Waals surface area (Å²) in [6.07, 6.45) is -4.85. The van der Waals surface area contributed by atoms with Gasteiger partial charge in [-0.05, 0) is 36.8 Å². The number of ether oxygens (including phenoxy) is 1. The molecule has 1 aromatic carbocycles. The minimum Gasteiger partial charge on any atom is -0.404 e. The smallest absolute Gasteiger partial charge is 0.404 e. The zero-order chi connectivity index (χ0) is 21.8. The lowest BCUT2D eigenvalue weighted by molar-refractivity contribution is -0.274. The van der Waals surface area contributed by atoms with Crippen LogP contribution in [0.15, 0.2) is 30.3 Å². The van der Waals surface area contributed by atoms with Crippen LogP contribution in [0.2, 0.25) is 5.02 Å². The third kappa shape index (κ3) is 6.94. The quantitative estimate of drug-likeness (QED) is 0.710. The first-order valence-electron chi connectivity index (χ1n) is 8.56. The van der Waals surface area contributed by atoms with Crippen LogP contribution >= 0.6 is 11.6 Å². The summed E-state index contributed by atoms with van der Waals surface area (Å²) >= 11 is 5.80. The molecule has 0 fully saturated rings. The highest BCUT2D eigenvalue weighted by Gasteiger charge is 2.32. The molecule has 0 unspecified atom stereocenters. The van der Waals surface area contributed by atoms with Crippen LogP contribution in [-0.2, 0) is 11.3 Å². The summed E-state index contributed by atoms with van der Waals surface area (Å²) in [7, 11) is 0. The number of alkyl halides is 3. The van der Waals surface area contributed by atoms with E-state index in [1.54, 1.807) is 26.8 Å². The Morgan fingerprint density at radius 3 is 2.48 bits per heavy atom. The van der Waals surface area contributed by atoms with Gasteiger partial charge in [-0.15, -0.1) is 13.2 Å². The molecular formula is C19H19ClF3N3O3. The van der Waals surface area contributed by atoms with E-state index in [0.717, 1.165) is 6.07 Å². The van der Waals surface area contributed by atoms with E-state index in [2.05, 4.69) is 20.4 Å². The van der Waals surface area contributed by atoms with Crippen molar-refractivity contribution in [1.29, 1.82) is 0 Å². The number of carbonyl (C=O) groups is 2. The molecule has 1 aromatic heterocycles. The number of carbonyl (C=O) groups excluding carboxylic acids is 2. The molecule has 0 aliphatic carbocycles. The second kappa shape index (κ2) is 9.13. The van der Waals surface area contributed by atoms with Crippen molar-refractivity contribution < 1.29 is 27.5 Å². The van der Waals surface area contributed by atoms with Crippen molar-refractivity contribution in [2.45, 2.75) is 33.7 Å². The maximum absolute atomic E-state index is 12.4. The molecule has 0 atom stereocenters. The van der Waals surface area contributed by atoms with Gasteiger partial charge in [0.2, 0.25) is 5.91 Å². The Bertz CT molecular complexity index is 917. The summed E-state index contributed by atoms with van der Waals surface area (Å²) in [5.74, 6) is -1.19. The number of halogens is 4. The standard InChI is InChI=1S/C19H19ClF3N3O3/c1-10(2)17(27)26-16-8-13(6-11(3)25-16)18(28)24-9-12-4-5-15(14(20)7-12)29-19(21,22)23/h4-8,10H,9H2,1-3H3,(H,24,28)(H,25,26,27). The number of amides is 2. The fraction of sp³-hybridized carbons (Fsp3) is 0.316. The maximum Gasteiger partial charge on any atom is 0.573 e. The highest BCUT2D eigenvalue weighted by Crippen LogP contribution is 2.30. The predicted octanol–water partition coefficient (Wildman–Crippen LogP) is 4.47. The number of hydrogen-bond donors (Lipinski definition) is 2. The van der Waals surface area contributed by atoms with E-state index >= 15 is 0 Å². The van der Waals surface area contributed by atoms with E-state index < -0.39 is 18.0 Å². The summed E-state index contributed by atoms with van der Waals surface area (Å²) in [5.41, 5.74) is 1.30. The molecule has 2 amide bonds. The van der Waals surface area contributed by atoms with Crippen molar-refractivity contribution in [3.05, 3.63) is 52.2 Å². The number of nitrogens with zero attached hydrogens (tertiary/aromatic N) is 1. The molecule has 0 bridgehead atoms. The highest BCUT2D eigenvalue weighted by molar-refractivity contribution is 6.32. The first-order valence-corrected chi connectivity index (χ1v) is 8.94. The maximum atomic E-state index is 12.4. The van der Waals surface area contributed by atoms with E-state index in [1.807, 2.05) is 0 Å². The Balaban J connectivity index is 2.06. The van der Waals surface area contributed by atoms with Gasteiger partial charge in [-0.2, -0.15) is 0 Å². The minimum atomic E-state index is -4.85. The van der Waals surface area contributed by atoms with Gasteiger partial charge >= 0.3 is 6.36 Å². The second-order valence-electron chi connectivity index (χ2n) is 6.52. The number of aryl methyl sites for hydroxylation is 1. The van der Waals surface area contributed by atoms with Crippen LogP contribution in [0.25, 0.3) is 0 Å². The molecule has 156 valence electrons. The van der Waals surface area contributed by atoms with Crippen LogP contribution in [0.1, 0.15) is 35.5 Å². The van der Waals surface area contributed by atoms with Crippen LogP contribution in [-0.4, -0.2) is 23.2 Å².